The second-order valence-electron chi connectivity index (χ2n) is 13.7. The Hall–Kier alpha value is -2.52. The maximum atomic E-state index is 13.7. The lowest BCUT2D eigenvalue weighted by molar-refractivity contribution is -0.174. The first-order chi connectivity index (χ1) is 19.4. The highest BCUT2D eigenvalue weighted by Crippen LogP contribution is 2.73. The van der Waals surface area contributed by atoms with Crippen LogP contribution in [0.4, 0.5) is 0 Å². The lowest BCUT2D eigenvalue weighted by Gasteiger charge is -2.58. The van der Waals surface area contributed by atoms with Gasteiger partial charge in [-0.3, -0.25) is 14.4 Å². The van der Waals surface area contributed by atoms with E-state index in [0.29, 0.717) is 23.8 Å². The molecule has 0 aromatic rings. The molecule has 1 saturated heterocycles. The summed E-state index contributed by atoms with van der Waals surface area (Å²) in [5.74, 6) is -0.413. The van der Waals surface area contributed by atoms with Gasteiger partial charge in [-0.15, -0.1) is 0 Å². The molecule has 4 aliphatic carbocycles. The highest BCUT2D eigenvalue weighted by atomic mass is 16.7. The summed E-state index contributed by atoms with van der Waals surface area (Å²) in [7, 11) is 0. The number of cyclic esters (lactones) is 1. The van der Waals surface area contributed by atoms with Crippen LogP contribution in [0.2, 0.25) is 0 Å². The van der Waals surface area contributed by atoms with Gasteiger partial charge in [0.15, 0.2) is 17.5 Å². The van der Waals surface area contributed by atoms with Gasteiger partial charge in [-0.2, -0.15) is 0 Å². The average molecular weight is 571 g/mol. The second kappa shape index (κ2) is 9.76. The van der Waals surface area contributed by atoms with Gasteiger partial charge in [0.25, 0.3) is 0 Å². The quantitative estimate of drug-likeness (QED) is 0.290. The number of fused-ring (bicyclic) bond motifs is 4. The number of aliphatic hydroxyl groups excluding tert-OH is 1. The number of epoxide rings is 1. The Kier molecular flexibility index (Phi) is 6.81. The van der Waals surface area contributed by atoms with Crippen molar-refractivity contribution in [2.24, 2.45) is 40.4 Å². The number of carbonyl (C=O) groups excluding carboxylic acids is 4. The number of allylic oxidation sites excluding steroid dienone is 1. The number of carbonyl (C=O) groups is 4. The number of hydrogen-bond donors (Lipinski definition) is 1. The Morgan fingerprint density at radius 3 is 2.56 bits per heavy atom. The van der Waals surface area contributed by atoms with Gasteiger partial charge in [0.2, 0.25) is 0 Å². The van der Waals surface area contributed by atoms with E-state index in [9.17, 15) is 24.3 Å². The van der Waals surface area contributed by atoms with Crippen molar-refractivity contribution < 1.29 is 43.2 Å². The fraction of sp³-hybridized carbons (Fsp3) is 0.750. The minimum absolute atomic E-state index is 0.00297. The predicted octanol–water partition coefficient (Wildman–Crippen LogP) is 3.47. The van der Waals surface area contributed by atoms with E-state index in [1.807, 2.05) is 6.92 Å². The summed E-state index contributed by atoms with van der Waals surface area (Å²) in [5.41, 5.74) is -0.754. The van der Waals surface area contributed by atoms with Crippen molar-refractivity contribution in [3.8, 4) is 0 Å². The third-order valence-corrected chi connectivity index (χ3v) is 12.1. The normalized spacial score (nSPS) is 45.1. The summed E-state index contributed by atoms with van der Waals surface area (Å²) in [6.07, 6.45) is 7.08. The van der Waals surface area contributed by atoms with Crippen LogP contribution in [0.3, 0.4) is 0 Å². The number of ketones is 1. The first kappa shape index (κ1) is 28.6. The van der Waals surface area contributed by atoms with Crippen molar-refractivity contribution in [1.29, 1.82) is 0 Å². The number of ether oxygens (including phenoxy) is 4. The van der Waals surface area contributed by atoms with Crippen molar-refractivity contribution >= 4 is 23.7 Å². The molecule has 4 fully saturated rings. The Labute approximate surface area is 241 Å². The van der Waals surface area contributed by atoms with E-state index in [1.54, 1.807) is 6.08 Å². The minimum Gasteiger partial charge on any atom is -0.461 e. The number of aliphatic hydroxyl groups is 1. The molecule has 1 spiro atoms. The van der Waals surface area contributed by atoms with E-state index in [4.69, 9.17) is 18.9 Å². The van der Waals surface area contributed by atoms with Crippen LogP contribution in [0.25, 0.3) is 0 Å². The van der Waals surface area contributed by atoms with Crippen molar-refractivity contribution in [1.82, 2.24) is 0 Å². The fourth-order valence-electron chi connectivity index (χ4n) is 10.2. The average Bonchev–Trinajstić information content (AvgIpc) is 3.53. The third kappa shape index (κ3) is 3.94. The molecule has 0 bridgehead atoms. The van der Waals surface area contributed by atoms with Crippen LogP contribution in [0.15, 0.2) is 23.3 Å². The molecule has 3 saturated carbocycles. The Bertz CT molecular complexity index is 1240. The van der Waals surface area contributed by atoms with E-state index in [0.717, 1.165) is 37.7 Å². The molecule has 6 aliphatic rings. The molecule has 224 valence electrons. The predicted molar refractivity (Wildman–Crippen MR) is 145 cm³/mol. The van der Waals surface area contributed by atoms with Gasteiger partial charge < -0.3 is 24.1 Å². The highest BCUT2D eigenvalue weighted by Gasteiger charge is 2.82. The first-order valence-corrected chi connectivity index (χ1v) is 15.1. The van der Waals surface area contributed by atoms with Gasteiger partial charge in [-0.25, -0.2) is 4.79 Å². The fourth-order valence-corrected chi connectivity index (χ4v) is 10.2. The summed E-state index contributed by atoms with van der Waals surface area (Å²) in [6.45, 7) is 8.78. The maximum Gasteiger partial charge on any atom is 0.337 e. The molecule has 9 nitrogen and oxygen atoms in total. The van der Waals surface area contributed by atoms with Crippen molar-refractivity contribution in [2.45, 2.75) is 97.1 Å². The van der Waals surface area contributed by atoms with Crippen molar-refractivity contribution in [2.75, 3.05) is 13.2 Å². The molecule has 2 aliphatic heterocycles. The molecule has 0 radical (unpaired) electrons. The van der Waals surface area contributed by atoms with E-state index < -0.39 is 35.0 Å². The van der Waals surface area contributed by atoms with Crippen LogP contribution < -0.4 is 0 Å². The number of hydrogen-bond acceptors (Lipinski definition) is 9. The summed E-state index contributed by atoms with van der Waals surface area (Å²) >= 11 is 0. The SMILES string of the molecule is CC(=O)OCC1=C(C)C[C@H]([C@@H](C)C2CC[C@H]3[C@@H]4C[C@H]5O[C@]56[C@@H](OC(C)=O)C=CC(=O)C6(CO)[C@H]4CC[C@]23C)OC1=O. The molecule has 41 heavy (non-hydrogen) atoms. The van der Waals surface area contributed by atoms with Gasteiger partial charge in [-0.05, 0) is 86.2 Å². The van der Waals surface area contributed by atoms with E-state index in [-0.39, 0.29) is 54.4 Å². The maximum absolute atomic E-state index is 13.7. The lowest BCUT2D eigenvalue weighted by atomic mass is 9.44. The molecule has 1 N–H and O–H groups in total. The topological polar surface area (TPSA) is 129 Å². The summed E-state index contributed by atoms with van der Waals surface area (Å²) in [6, 6.07) is 0. The number of esters is 3. The first-order valence-electron chi connectivity index (χ1n) is 15.1. The molecule has 9 heteroatoms. The Morgan fingerprint density at radius 1 is 1.15 bits per heavy atom. The van der Waals surface area contributed by atoms with Crippen molar-refractivity contribution in [3.05, 3.63) is 23.3 Å². The van der Waals surface area contributed by atoms with Crippen LogP contribution in [0.1, 0.15) is 73.1 Å². The summed E-state index contributed by atoms with van der Waals surface area (Å²) < 4.78 is 23.0. The standard InChI is InChI=1S/C32H42O9/c1-16-12-25(40-29(37)21(16)14-38-18(3)34)17(2)22-6-7-23-20-13-28-32(41-28)27(39-19(4)35)9-8-26(36)31(32,15-33)24(20)10-11-30(22,23)5/h8-9,17,20,22-25,27-28,33H,6-7,10-15H2,1-5H3/t17-,20-,22?,23-,24-,25+,27-,28+,30+,31?,32+/m0/s1. The van der Waals surface area contributed by atoms with Gasteiger partial charge in [-0.1, -0.05) is 19.4 Å². The Morgan fingerprint density at radius 2 is 1.90 bits per heavy atom. The van der Waals surface area contributed by atoms with Crippen LogP contribution in [0, 0.1) is 40.4 Å². The molecular formula is C32H42O9. The van der Waals surface area contributed by atoms with Crippen molar-refractivity contribution in [3.63, 3.8) is 0 Å². The van der Waals surface area contributed by atoms with E-state index >= 15 is 0 Å². The highest BCUT2D eigenvalue weighted by molar-refractivity contribution is 5.99. The van der Waals surface area contributed by atoms with Crippen LogP contribution >= 0.6 is 0 Å². The minimum atomic E-state index is -1.11. The molecule has 2 heterocycles. The Balaban J connectivity index is 1.24. The smallest absolute Gasteiger partial charge is 0.337 e. The summed E-state index contributed by atoms with van der Waals surface area (Å²) in [5, 5.41) is 10.9. The third-order valence-electron chi connectivity index (χ3n) is 12.1. The van der Waals surface area contributed by atoms with Gasteiger partial charge in [0.05, 0.1) is 23.7 Å². The molecule has 11 atom stereocenters. The van der Waals surface area contributed by atoms with Crippen LogP contribution in [-0.4, -0.2) is 65.9 Å². The number of rotatable bonds is 6. The molecular weight excluding hydrogens is 528 g/mol. The molecule has 6 rings (SSSR count). The molecule has 2 unspecified atom stereocenters. The summed E-state index contributed by atoms with van der Waals surface area (Å²) in [4.78, 5) is 49.8. The molecule has 0 amide bonds. The van der Waals surface area contributed by atoms with Crippen LogP contribution in [0.5, 0.6) is 0 Å². The zero-order chi connectivity index (χ0) is 29.5. The van der Waals surface area contributed by atoms with E-state index in [2.05, 4.69) is 13.8 Å². The molecule has 0 aromatic carbocycles. The van der Waals surface area contributed by atoms with Gasteiger partial charge >= 0.3 is 17.9 Å². The van der Waals surface area contributed by atoms with E-state index in [1.165, 1.54) is 19.9 Å². The zero-order valence-electron chi connectivity index (χ0n) is 24.6. The van der Waals surface area contributed by atoms with Gasteiger partial charge in [0.1, 0.15) is 12.7 Å². The van der Waals surface area contributed by atoms with Gasteiger partial charge in [0, 0.05) is 20.3 Å². The lowest BCUT2D eigenvalue weighted by Crippen LogP contribution is -2.67. The second-order valence-corrected chi connectivity index (χ2v) is 13.7. The largest absolute Gasteiger partial charge is 0.461 e. The zero-order valence-corrected chi connectivity index (χ0v) is 24.6. The van der Waals surface area contributed by atoms with Crippen LogP contribution in [-0.2, 0) is 38.1 Å². The monoisotopic (exact) mass is 570 g/mol. The molecule has 0 aromatic heterocycles.